The van der Waals surface area contributed by atoms with Crippen LogP contribution in [-0.4, -0.2) is 21.3 Å². The number of aromatic nitrogens is 2. The molecule has 8 heteroatoms. The van der Waals surface area contributed by atoms with Crippen LogP contribution in [-0.2, 0) is 17.9 Å². The molecule has 0 aliphatic rings. The quantitative estimate of drug-likeness (QED) is 0.242. The average Bonchev–Trinajstić information content (AvgIpc) is 2.87. The SMILES string of the molecule is Cc1cc(-c2ccc(CN(C=O)Cc3ccnc(Oc4ccc(C(F)F)cc4F)c3C)cc2)ccn1. The van der Waals surface area contributed by atoms with Crippen LogP contribution in [0.25, 0.3) is 11.1 Å². The van der Waals surface area contributed by atoms with Crippen molar-refractivity contribution in [2.45, 2.75) is 33.4 Å². The molecule has 0 spiro atoms. The largest absolute Gasteiger partial charge is 0.436 e. The molecular weight excluding hydrogens is 467 g/mol. The Hall–Kier alpha value is -4.20. The first kappa shape index (κ1) is 24.9. The van der Waals surface area contributed by atoms with Crippen molar-refractivity contribution in [2.75, 3.05) is 0 Å². The van der Waals surface area contributed by atoms with Gasteiger partial charge in [0.25, 0.3) is 6.43 Å². The molecule has 0 bridgehead atoms. The number of nitrogens with zero attached hydrogens (tertiary/aromatic N) is 3. The first-order valence-corrected chi connectivity index (χ1v) is 11.3. The van der Waals surface area contributed by atoms with Crippen molar-refractivity contribution >= 4 is 6.41 Å². The summed E-state index contributed by atoms with van der Waals surface area (Å²) >= 11 is 0. The van der Waals surface area contributed by atoms with Gasteiger partial charge >= 0.3 is 0 Å². The fourth-order valence-electron chi connectivity index (χ4n) is 3.78. The normalized spacial score (nSPS) is 10.9. The molecular formula is C28H24F3N3O2. The molecule has 0 aliphatic heterocycles. The van der Waals surface area contributed by atoms with Crippen molar-refractivity contribution in [2.24, 2.45) is 0 Å². The summed E-state index contributed by atoms with van der Waals surface area (Å²) in [6.07, 6.45) is 1.26. The van der Waals surface area contributed by atoms with E-state index in [0.717, 1.165) is 52.6 Å². The van der Waals surface area contributed by atoms with Crippen LogP contribution < -0.4 is 4.74 Å². The molecule has 4 aromatic rings. The standard InChI is InChI=1S/C28H24F3N3O2/c1-18-13-22(9-11-32-18)21-5-3-20(4-6-21)15-34(17-35)16-24-10-12-33-28(19(24)2)36-26-8-7-23(27(30)31)14-25(26)29/h3-14,17,27H,15-16H2,1-2H3. The first-order chi connectivity index (χ1) is 17.3. The molecule has 2 heterocycles. The summed E-state index contributed by atoms with van der Waals surface area (Å²) in [5.74, 6) is -0.970. The van der Waals surface area contributed by atoms with Gasteiger partial charge in [0.1, 0.15) is 0 Å². The Morgan fingerprint density at radius 1 is 0.917 bits per heavy atom. The molecule has 2 aromatic heterocycles. The Morgan fingerprint density at radius 3 is 2.33 bits per heavy atom. The minimum atomic E-state index is -2.78. The number of ether oxygens (including phenoxy) is 1. The molecule has 1 amide bonds. The van der Waals surface area contributed by atoms with E-state index in [0.29, 0.717) is 12.1 Å². The van der Waals surface area contributed by atoms with Crippen LogP contribution >= 0.6 is 0 Å². The molecule has 4 rings (SSSR count). The maximum Gasteiger partial charge on any atom is 0.263 e. The van der Waals surface area contributed by atoms with Crippen molar-refractivity contribution in [3.63, 3.8) is 0 Å². The highest BCUT2D eigenvalue weighted by Gasteiger charge is 2.15. The molecule has 5 nitrogen and oxygen atoms in total. The smallest absolute Gasteiger partial charge is 0.263 e. The second kappa shape index (κ2) is 11.0. The fraction of sp³-hybridized carbons (Fsp3) is 0.179. The van der Waals surface area contributed by atoms with Gasteiger partial charge < -0.3 is 9.64 Å². The summed E-state index contributed by atoms with van der Waals surface area (Å²) in [6, 6.07) is 16.7. The first-order valence-electron chi connectivity index (χ1n) is 11.3. The number of alkyl halides is 2. The van der Waals surface area contributed by atoms with E-state index in [1.807, 2.05) is 43.3 Å². The fourth-order valence-corrected chi connectivity index (χ4v) is 3.78. The number of aryl methyl sites for hydroxylation is 1. The summed E-state index contributed by atoms with van der Waals surface area (Å²) in [6.45, 7) is 4.36. The van der Waals surface area contributed by atoms with Crippen molar-refractivity contribution in [3.8, 4) is 22.8 Å². The molecule has 0 unspecified atom stereocenters. The average molecular weight is 492 g/mol. The molecule has 0 fully saturated rings. The van der Waals surface area contributed by atoms with Crippen LogP contribution in [0.4, 0.5) is 13.2 Å². The molecule has 0 saturated carbocycles. The zero-order chi connectivity index (χ0) is 25.7. The number of hydrogen-bond donors (Lipinski definition) is 0. The number of hydrogen-bond acceptors (Lipinski definition) is 4. The Labute approximate surface area is 207 Å². The molecule has 0 saturated heterocycles. The number of amides is 1. The van der Waals surface area contributed by atoms with Gasteiger partial charge in [0.2, 0.25) is 12.3 Å². The van der Waals surface area contributed by atoms with E-state index in [4.69, 9.17) is 4.74 Å². The highest BCUT2D eigenvalue weighted by atomic mass is 19.3. The van der Waals surface area contributed by atoms with Crippen molar-refractivity contribution in [3.05, 3.63) is 107 Å². The lowest BCUT2D eigenvalue weighted by molar-refractivity contribution is -0.119. The molecule has 0 atom stereocenters. The van der Waals surface area contributed by atoms with Crippen LogP contribution in [0.15, 0.2) is 73.1 Å². The van der Waals surface area contributed by atoms with Crippen LogP contribution in [0.2, 0.25) is 0 Å². The van der Waals surface area contributed by atoms with E-state index in [9.17, 15) is 18.0 Å². The molecule has 36 heavy (non-hydrogen) atoms. The predicted octanol–water partition coefficient (Wildman–Crippen LogP) is 6.79. The number of benzene rings is 2. The summed E-state index contributed by atoms with van der Waals surface area (Å²) in [4.78, 5) is 21.8. The van der Waals surface area contributed by atoms with Crippen molar-refractivity contribution in [1.82, 2.24) is 14.9 Å². The summed E-state index contributed by atoms with van der Waals surface area (Å²) in [7, 11) is 0. The van der Waals surface area contributed by atoms with Gasteiger partial charge in [0, 0.05) is 42.3 Å². The Kier molecular flexibility index (Phi) is 7.63. The molecule has 0 radical (unpaired) electrons. The van der Waals surface area contributed by atoms with Crippen LogP contribution in [0, 0.1) is 19.7 Å². The predicted molar refractivity (Wildman–Crippen MR) is 130 cm³/mol. The van der Waals surface area contributed by atoms with E-state index in [-0.39, 0.29) is 18.2 Å². The number of carbonyl (C=O) groups is 1. The van der Waals surface area contributed by atoms with Crippen molar-refractivity contribution < 1.29 is 22.7 Å². The maximum absolute atomic E-state index is 14.2. The van der Waals surface area contributed by atoms with E-state index >= 15 is 0 Å². The van der Waals surface area contributed by atoms with Gasteiger partial charge in [-0.1, -0.05) is 24.3 Å². The monoisotopic (exact) mass is 491 g/mol. The van der Waals surface area contributed by atoms with Gasteiger partial charge in [-0.05, 0) is 72.5 Å². The highest BCUT2D eigenvalue weighted by Crippen LogP contribution is 2.30. The third-order valence-electron chi connectivity index (χ3n) is 5.78. The highest BCUT2D eigenvalue weighted by molar-refractivity contribution is 5.63. The Morgan fingerprint density at radius 2 is 1.67 bits per heavy atom. The van der Waals surface area contributed by atoms with Gasteiger partial charge in [-0.15, -0.1) is 0 Å². The van der Waals surface area contributed by atoms with E-state index in [2.05, 4.69) is 9.97 Å². The zero-order valence-corrected chi connectivity index (χ0v) is 19.8. The second-order valence-electron chi connectivity index (χ2n) is 8.39. The van der Waals surface area contributed by atoms with Crippen LogP contribution in [0.1, 0.15) is 34.4 Å². The lowest BCUT2D eigenvalue weighted by Gasteiger charge is -2.20. The number of rotatable bonds is 9. The van der Waals surface area contributed by atoms with Crippen LogP contribution in [0.3, 0.4) is 0 Å². The van der Waals surface area contributed by atoms with Gasteiger partial charge in [-0.25, -0.2) is 18.2 Å². The molecule has 0 aliphatic carbocycles. The van der Waals surface area contributed by atoms with Gasteiger partial charge in [-0.2, -0.15) is 0 Å². The Bertz CT molecular complexity index is 1360. The van der Waals surface area contributed by atoms with Crippen molar-refractivity contribution in [1.29, 1.82) is 0 Å². The summed E-state index contributed by atoms with van der Waals surface area (Å²) in [5.41, 5.74) is 4.98. The third-order valence-corrected chi connectivity index (χ3v) is 5.78. The number of halogens is 3. The topological polar surface area (TPSA) is 55.3 Å². The second-order valence-corrected chi connectivity index (χ2v) is 8.39. The Balaban J connectivity index is 1.46. The van der Waals surface area contributed by atoms with Gasteiger partial charge in [0.05, 0.1) is 0 Å². The lowest BCUT2D eigenvalue weighted by Crippen LogP contribution is -2.21. The van der Waals surface area contributed by atoms with E-state index in [1.54, 1.807) is 24.1 Å². The third kappa shape index (κ3) is 5.89. The van der Waals surface area contributed by atoms with Gasteiger partial charge in [0.15, 0.2) is 11.6 Å². The van der Waals surface area contributed by atoms with E-state index in [1.165, 1.54) is 6.20 Å². The maximum atomic E-state index is 14.2. The molecule has 0 N–H and O–H groups in total. The number of pyridine rings is 2. The van der Waals surface area contributed by atoms with E-state index < -0.39 is 17.8 Å². The minimum absolute atomic E-state index is 0.138. The molecule has 184 valence electrons. The van der Waals surface area contributed by atoms with Gasteiger partial charge in [-0.3, -0.25) is 9.78 Å². The van der Waals surface area contributed by atoms with Crippen LogP contribution in [0.5, 0.6) is 11.6 Å². The summed E-state index contributed by atoms with van der Waals surface area (Å²) < 4.78 is 45.4. The molecule has 2 aromatic carbocycles. The zero-order valence-electron chi connectivity index (χ0n) is 19.8. The lowest BCUT2D eigenvalue weighted by atomic mass is 10.0. The summed E-state index contributed by atoms with van der Waals surface area (Å²) in [5, 5.41) is 0. The minimum Gasteiger partial charge on any atom is -0.436 e. The number of carbonyl (C=O) groups excluding carboxylic acids is 1.